The minimum Gasteiger partial charge on any atom is -0.435 e. The quantitative estimate of drug-likeness (QED) is 0.683. The highest BCUT2D eigenvalue weighted by atomic mass is 19.3. The van der Waals surface area contributed by atoms with Gasteiger partial charge in [0, 0.05) is 11.3 Å². The van der Waals surface area contributed by atoms with Gasteiger partial charge >= 0.3 is 6.61 Å². The van der Waals surface area contributed by atoms with Crippen molar-refractivity contribution in [3.63, 3.8) is 0 Å². The summed E-state index contributed by atoms with van der Waals surface area (Å²) in [6.45, 7) is -0.806. The molecule has 3 rings (SSSR count). The Morgan fingerprint density at radius 1 is 1.15 bits per heavy atom. The number of carbonyl (C=O) groups is 1. The number of hydrogen-bond donors (Lipinski definition) is 2. The number of rotatable bonds is 6. The summed E-state index contributed by atoms with van der Waals surface area (Å²) in [5.74, 6) is -0.251. The molecule has 0 unspecified atom stereocenters. The van der Waals surface area contributed by atoms with Crippen LogP contribution in [0, 0.1) is 0 Å². The molecule has 0 aliphatic carbocycles. The average molecular weight is 357 g/mol. The number of anilines is 1. The number of hydrogen-bond acceptors (Lipinski definition) is 3. The van der Waals surface area contributed by atoms with Crippen LogP contribution in [0.15, 0.2) is 54.6 Å². The Morgan fingerprint density at radius 2 is 1.85 bits per heavy atom. The van der Waals surface area contributed by atoms with E-state index in [-0.39, 0.29) is 11.7 Å². The molecule has 3 aromatic rings. The van der Waals surface area contributed by atoms with Crippen molar-refractivity contribution >= 4 is 11.6 Å². The van der Waals surface area contributed by atoms with E-state index >= 15 is 0 Å². The summed E-state index contributed by atoms with van der Waals surface area (Å²) in [5, 5.41) is 9.56. The Hall–Kier alpha value is -3.22. The topological polar surface area (TPSA) is 67.0 Å². The van der Waals surface area contributed by atoms with Crippen LogP contribution in [0.25, 0.3) is 11.3 Å². The lowest BCUT2D eigenvalue weighted by Gasteiger charge is -2.04. The van der Waals surface area contributed by atoms with E-state index in [0.717, 1.165) is 6.42 Å². The van der Waals surface area contributed by atoms with Crippen LogP contribution < -0.4 is 10.1 Å². The second kappa shape index (κ2) is 7.77. The second-order valence-electron chi connectivity index (χ2n) is 5.57. The molecule has 1 amide bonds. The van der Waals surface area contributed by atoms with Crippen LogP contribution in [0.3, 0.4) is 0 Å². The highest BCUT2D eigenvalue weighted by Gasteiger charge is 2.12. The Balaban J connectivity index is 1.69. The predicted octanol–water partition coefficient (Wildman–Crippen LogP) is 4.49. The number of halogens is 2. The summed E-state index contributed by atoms with van der Waals surface area (Å²) >= 11 is 0. The normalized spacial score (nSPS) is 10.8. The van der Waals surface area contributed by atoms with Crippen LogP contribution in [-0.2, 0) is 6.42 Å². The molecule has 0 fully saturated rings. The number of aryl methyl sites for hydroxylation is 1. The van der Waals surface area contributed by atoms with Gasteiger partial charge in [0.2, 0.25) is 0 Å². The number of aromatic nitrogens is 2. The first-order valence-electron chi connectivity index (χ1n) is 8.06. The first-order valence-corrected chi connectivity index (χ1v) is 8.06. The summed E-state index contributed by atoms with van der Waals surface area (Å²) < 4.78 is 28.7. The van der Waals surface area contributed by atoms with Gasteiger partial charge in [-0.3, -0.25) is 9.89 Å². The third-order valence-corrected chi connectivity index (χ3v) is 3.82. The maximum absolute atomic E-state index is 12.3. The van der Waals surface area contributed by atoms with E-state index < -0.39 is 6.61 Å². The first kappa shape index (κ1) is 17.6. The molecule has 0 spiro atoms. The lowest BCUT2D eigenvalue weighted by molar-refractivity contribution is -0.0498. The van der Waals surface area contributed by atoms with Gasteiger partial charge in [0.05, 0.1) is 5.69 Å². The van der Waals surface area contributed by atoms with Gasteiger partial charge in [-0.1, -0.05) is 19.1 Å². The molecule has 1 aromatic heterocycles. The van der Waals surface area contributed by atoms with Crippen LogP contribution in [0.4, 0.5) is 14.5 Å². The van der Waals surface area contributed by atoms with Gasteiger partial charge in [-0.2, -0.15) is 13.9 Å². The summed E-state index contributed by atoms with van der Waals surface area (Å²) in [7, 11) is 0. The number of amides is 1. The maximum atomic E-state index is 12.3. The third-order valence-electron chi connectivity index (χ3n) is 3.82. The van der Waals surface area contributed by atoms with Crippen molar-refractivity contribution in [1.82, 2.24) is 10.2 Å². The van der Waals surface area contributed by atoms with Crippen LogP contribution in [0.2, 0.25) is 0 Å². The van der Waals surface area contributed by atoms with Crippen LogP contribution in [0.5, 0.6) is 5.75 Å². The molecule has 0 saturated carbocycles. The number of alkyl halides is 2. The number of nitrogens with zero attached hydrogens (tertiary/aromatic N) is 1. The Labute approximate surface area is 149 Å². The summed E-state index contributed by atoms with van der Waals surface area (Å²) in [6, 6.07) is 15.2. The molecular weight excluding hydrogens is 340 g/mol. The molecule has 0 saturated heterocycles. The van der Waals surface area contributed by atoms with Crippen molar-refractivity contribution in [2.75, 3.05) is 5.32 Å². The lowest BCUT2D eigenvalue weighted by Crippen LogP contribution is -2.12. The van der Waals surface area contributed by atoms with Gasteiger partial charge in [-0.15, -0.1) is 0 Å². The van der Waals surface area contributed by atoms with Gasteiger partial charge < -0.3 is 10.1 Å². The average Bonchev–Trinajstić information content (AvgIpc) is 3.13. The molecule has 0 aliphatic heterocycles. The second-order valence-corrected chi connectivity index (χ2v) is 5.57. The van der Waals surface area contributed by atoms with Gasteiger partial charge in [-0.25, -0.2) is 0 Å². The monoisotopic (exact) mass is 357 g/mol. The Morgan fingerprint density at radius 3 is 2.46 bits per heavy atom. The number of aromatic amines is 1. The molecule has 134 valence electrons. The van der Waals surface area contributed by atoms with Crippen molar-refractivity contribution in [2.24, 2.45) is 0 Å². The molecule has 7 heteroatoms. The summed E-state index contributed by atoms with van der Waals surface area (Å²) in [6.07, 6.45) is 0.930. The molecule has 0 radical (unpaired) electrons. The zero-order chi connectivity index (χ0) is 18.5. The molecule has 26 heavy (non-hydrogen) atoms. The minimum atomic E-state index is -2.87. The number of carbonyl (C=O) groups excluding carboxylic acids is 1. The number of nitrogens with one attached hydrogen (secondary N) is 2. The highest BCUT2D eigenvalue weighted by molar-refractivity contribution is 6.03. The fraction of sp³-hybridized carbons (Fsp3) is 0.158. The Kier molecular flexibility index (Phi) is 5.26. The molecular formula is C19H17F2N3O2. The largest absolute Gasteiger partial charge is 0.435 e. The van der Waals surface area contributed by atoms with Crippen molar-refractivity contribution in [1.29, 1.82) is 0 Å². The Bertz CT molecular complexity index is 875. The van der Waals surface area contributed by atoms with E-state index in [9.17, 15) is 13.6 Å². The van der Waals surface area contributed by atoms with E-state index in [4.69, 9.17) is 0 Å². The maximum Gasteiger partial charge on any atom is 0.387 e. The van der Waals surface area contributed by atoms with Crippen LogP contribution >= 0.6 is 0 Å². The van der Waals surface area contributed by atoms with Gasteiger partial charge in [0.15, 0.2) is 0 Å². The van der Waals surface area contributed by atoms with Gasteiger partial charge in [0.25, 0.3) is 5.91 Å². The zero-order valence-corrected chi connectivity index (χ0v) is 14.0. The van der Waals surface area contributed by atoms with Gasteiger partial charge in [-0.05, 0) is 54.4 Å². The van der Waals surface area contributed by atoms with Crippen molar-refractivity contribution in [2.45, 2.75) is 20.0 Å². The SMILES string of the molecule is CCc1ccc(NC(=O)c2cc(-c3ccc(OC(F)F)cc3)n[nH]2)cc1. The first-order chi connectivity index (χ1) is 12.5. The summed E-state index contributed by atoms with van der Waals surface area (Å²) in [5.41, 5.74) is 3.38. The molecule has 5 nitrogen and oxygen atoms in total. The smallest absolute Gasteiger partial charge is 0.387 e. The fourth-order valence-electron chi connectivity index (χ4n) is 2.42. The molecule has 2 aromatic carbocycles. The van der Waals surface area contributed by atoms with Crippen LogP contribution in [0.1, 0.15) is 23.0 Å². The molecule has 0 bridgehead atoms. The fourth-order valence-corrected chi connectivity index (χ4v) is 2.42. The van der Waals surface area contributed by atoms with E-state index in [1.54, 1.807) is 18.2 Å². The van der Waals surface area contributed by atoms with Crippen molar-refractivity contribution in [3.8, 4) is 17.0 Å². The highest BCUT2D eigenvalue weighted by Crippen LogP contribution is 2.22. The third kappa shape index (κ3) is 4.24. The molecule has 0 atom stereocenters. The van der Waals surface area contributed by atoms with E-state index in [0.29, 0.717) is 22.6 Å². The molecule has 2 N–H and O–H groups in total. The van der Waals surface area contributed by atoms with E-state index in [2.05, 4.69) is 27.2 Å². The van der Waals surface area contributed by atoms with E-state index in [1.807, 2.05) is 24.3 Å². The van der Waals surface area contributed by atoms with Gasteiger partial charge in [0.1, 0.15) is 11.4 Å². The van der Waals surface area contributed by atoms with Crippen LogP contribution in [-0.4, -0.2) is 22.7 Å². The zero-order valence-electron chi connectivity index (χ0n) is 14.0. The van der Waals surface area contributed by atoms with Crippen molar-refractivity contribution < 1.29 is 18.3 Å². The lowest BCUT2D eigenvalue weighted by atomic mass is 10.1. The standard InChI is InChI=1S/C19H17F2N3O2/c1-2-12-3-7-14(8-4-12)22-18(25)17-11-16(23-24-17)13-5-9-15(10-6-13)26-19(20)21/h3-11,19H,2H2,1H3,(H,22,25)(H,23,24). The van der Waals surface area contributed by atoms with E-state index in [1.165, 1.54) is 17.7 Å². The van der Waals surface area contributed by atoms with Crippen molar-refractivity contribution in [3.05, 3.63) is 65.9 Å². The number of ether oxygens (including phenoxy) is 1. The molecule has 1 heterocycles. The minimum absolute atomic E-state index is 0.0628. The number of benzene rings is 2. The molecule has 0 aliphatic rings. The number of H-pyrrole nitrogens is 1. The summed E-state index contributed by atoms with van der Waals surface area (Å²) in [4.78, 5) is 12.3. The predicted molar refractivity (Wildman–Crippen MR) is 94.4 cm³/mol.